The molecular weight excluding hydrogens is 261 g/mol. The van der Waals surface area contributed by atoms with Crippen LogP contribution in [-0.2, 0) is 4.79 Å². The van der Waals surface area contributed by atoms with E-state index in [0.717, 1.165) is 31.5 Å². The molecule has 1 atom stereocenters. The number of carbonyl (C=O) groups is 1. The summed E-state index contributed by atoms with van der Waals surface area (Å²) in [5.74, 6) is -0.494. The maximum atomic E-state index is 12.0. The lowest BCUT2D eigenvalue weighted by molar-refractivity contribution is -0.274. The molecule has 1 aliphatic rings. The van der Waals surface area contributed by atoms with Gasteiger partial charge in [-0.15, -0.1) is 13.2 Å². The van der Waals surface area contributed by atoms with E-state index in [1.807, 2.05) is 0 Å². The van der Waals surface area contributed by atoms with Gasteiger partial charge in [0, 0.05) is 5.69 Å². The molecule has 0 spiro atoms. The van der Waals surface area contributed by atoms with Crippen LogP contribution in [0.4, 0.5) is 18.9 Å². The molecule has 1 aliphatic heterocycles. The number of nitrogens with one attached hydrogen (secondary N) is 2. The lowest BCUT2D eigenvalue weighted by Crippen LogP contribution is -2.35. The molecule has 1 saturated heterocycles. The van der Waals surface area contributed by atoms with Gasteiger partial charge in [0.25, 0.3) is 0 Å². The molecule has 0 aliphatic carbocycles. The van der Waals surface area contributed by atoms with Crippen molar-refractivity contribution in [3.05, 3.63) is 24.3 Å². The van der Waals surface area contributed by atoms with Crippen LogP contribution in [0.25, 0.3) is 0 Å². The Bertz CT molecular complexity index is 439. The highest BCUT2D eigenvalue weighted by Crippen LogP contribution is 2.24. The monoisotopic (exact) mass is 274 g/mol. The van der Waals surface area contributed by atoms with Gasteiger partial charge in [-0.1, -0.05) is 0 Å². The summed E-state index contributed by atoms with van der Waals surface area (Å²) in [5.41, 5.74) is 0.438. The number of alkyl halides is 3. The molecule has 19 heavy (non-hydrogen) atoms. The molecule has 1 amide bonds. The summed E-state index contributed by atoms with van der Waals surface area (Å²) in [6, 6.07) is 4.82. The molecule has 1 aromatic rings. The number of rotatable bonds is 3. The van der Waals surface area contributed by atoms with Gasteiger partial charge in [0.2, 0.25) is 5.91 Å². The first-order chi connectivity index (χ1) is 8.94. The van der Waals surface area contributed by atoms with Crippen molar-refractivity contribution in [2.45, 2.75) is 25.2 Å². The second kappa shape index (κ2) is 5.48. The minimum atomic E-state index is -4.71. The highest BCUT2D eigenvalue weighted by Gasteiger charge is 2.31. The number of hydrogen-bond donors (Lipinski definition) is 2. The molecule has 0 unspecified atom stereocenters. The summed E-state index contributed by atoms with van der Waals surface area (Å²) < 4.78 is 39.6. The van der Waals surface area contributed by atoms with Crippen LogP contribution in [0, 0.1) is 0 Å². The maximum absolute atomic E-state index is 12.0. The Kier molecular flexibility index (Phi) is 3.94. The van der Waals surface area contributed by atoms with E-state index in [1.54, 1.807) is 0 Å². The van der Waals surface area contributed by atoms with Gasteiger partial charge in [-0.05, 0) is 43.7 Å². The van der Waals surface area contributed by atoms with Crippen LogP contribution in [0.1, 0.15) is 12.8 Å². The second-order valence-corrected chi connectivity index (χ2v) is 4.21. The average molecular weight is 274 g/mol. The lowest BCUT2D eigenvalue weighted by Gasteiger charge is -2.12. The Balaban J connectivity index is 1.93. The van der Waals surface area contributed by atoms with E-state index >= 15 is 0 Å². The van der Waals surface area contributed by atoms with E-state index in [9.17, 15) is 18.0 Å². The predicted molar refractivity (Wildman–Crippen MR) is 62.8 cm³/mol. The minimum absolute atomic E-state index is 0.179. The normalized spacial score (nSPS) is 19.2. The number of benzene rings is 1. The zero-order valence-corrected chi connectivity index (χ0v) is 9.96. The van der Waals surface area contributed by atoms with Gasteiger partial charge >= 0.3 is 6.36 Å². The molecule has 4 nitrogen and oxygen atoms in total. The van der Waals surface area contributed by atoms with Gasteiger partial charge in [-0.2, -0.15) is 0 Å². The van der Waals surface area contributed by atoms with Gasteiger partial charge in [0.1, 0.15) is 5.75 Å². The van der Waals surface area contributed by atoms with E-state index in [4.69, 9.17) is 0 Å². The number of halogens is 3. The summed E-state index contributed by atoms with van der Waals surface area (Å²) in [7, 11) is 0. The van der Waals surface area contributed by atoms with Crippen LogP contribution in [0.2, 0.25) is 0 Å². The number of anilines is 1. The quantitative estimate of drug-likeness (QED) is 0.889. The standard InChI is InChI=1S/C12H13F3N2O2/c13-12(14,15)19-9-5-3-8(4-6-9)17-11(18)10-2-1-7-16-10/h3-6,10,16H,1-2,7H2,(H,17,18)/t10-/m0/s1. The zero-order valence-electron chi connectivity index (χ0n) is 9.96. The van der Waals surface area contributed by atoms with Crippen LogP contribution < -0.4 is 15.4 Å². The summed E-state index contributed by atoms with van der Waals surface area (Å²) in [6.07, 6.45) is -3.00. The molecule has 1 fully saturated rings. The fourth-order valence-electron chi connectivity index (χ4n) is 1.88. The maximum Gasteiger partial charge on any atom is 0.573 e. The van der Waals surface area contributed by atoms with E-state index < -0.39 is 6.36 Å². The van der Waals surface area contributed by atoms with E-state index in [1.165, 1.54) is 12.1 Å². The van der Waals surface area contributed by atoms with Gasteiger partial charge in [-0.3, -0.25) is 4.79 Å². The first-order valence-electron chi connectivity index (χ1n) is 5.84. The second-order valence-electron chi connectivity index (χ2n) is 4.21. The van der Waals surface area contributed by atoms with Crippen molar-refractivity contribution in [2.24, 2.45) is 0 Å². The van der Waals surface area contributed by atoms with Crippen LogP contribution in [-0.4, -0.2) is 24.9 Å². The first-order valence-corrected chi connectivity index (χ1v) is 5.84. The number of amides is 1. The van der Waals surface area contributed by atoms with Crippen molar-refractivity contribution in [2.75, 3.05) is 11.9 Å². The smallest absolute Gasteiger partial charge is 0.406 e. The molecule has 0 radical (unpaired) electrons. The number of carbonyl (C=O) groups excluding carboxylic acids is 1. The molecule has 0 saturated carbocycles. The van der Waals surface area contributed by atoms with Crippen molar-refractivity contribution in [3.63, 3.8) is 0 Å². The fraction of sp³-hybridized carbons (Fsp3) is 0.417. The summed E-state index contributed by atoms with van der Waals surface area (Å²) in [5, 5.41) is 5.67. The number of ether oxygens (including phenoxy) is 1. The Morgan fingerprint density at radius 2 is 2.00 bits per heavy atom. The molecule has 1 heterocycles. The zero-order chi connectivity index (χ0) is 13.9. The topological polar surface area (TPSA) is 50.4 Å². The highest BCUT2D eigenvalue weighted by atomic mass is 19.4. The van der Waals surface area contributed by atoms with Gasteiger partial charge in [-0.25, -0.2) is 0 Å². The van der Waals surface area contributed by atoms with Crippen LogP contribution in [0.5, 0.6) is 5.75 Å². The summed E-state index contributed by atoms with van der Waals surface area (Å²) in [6.45, 7) is 0.802. The van der Waals surface area contributed by atoms with E-state index in [-0.39, 0.29) is 17.7 Å². The minimum Gasteiger partial charge on any atom is -0.406 e. The fourth-order valence-corrected chi connectivity index (χ4v) is 1.88. The average Bonchev–Trinajstić information content (AvgIpc) is 2.83. The van der Waals surface area contributed by atoms with Crippen LogP contribution >= 0.6 is 0 Å². The largest absolute Gasteiger partial charge is 0.573 e. The van der Waals surface area contributed by atoms with Crippen molar-refractivity contribution >= 4 is 11.6 Å². The predicted octanol–water partition coefficient (Wildman–Crippen LogP) is 2.28. The Labute approximate surface area is 107 Å². The SMILES string of the molecule is O=C(Nc1ccc(OC(F)(F)F)cc1)[C@@H]1CCCN1. The van der Waals surface area contributed by atoms with Crippen molar-refractivity contribution in [3.8, 4) is 5.75 Å². The summed E-state index contributed by atoms with van der Waals surface area (Å²) in [4.78, 5) is 11.7. The Morgan fingerprint density at radius 1 is 1.32 bits per heavy atom. The molecule has 0 aromatic heterocycles. The van der Waals surface area contributed by atoms with Gasteiger partial charge in [0.05, 0.1) is 6.04 Å². The van der Waals surface area contributed by atoms with Crippen molar-refractivity contribution in [1.29, 1.82) is 0 Å². The van der Waals surface area contributed by atoms with Crippen molar-refractivity contribution in [1.82, 2.24) is 5.32 Å². The number of hydrogen-bond acceptors (Lipinski definition) is 3. The lowest BCUT2D eigenvalue weighted by atomic mass is 10.2. The highest BCUT2D eigenvalue weighted by molar-refractivity contribution is 5.95. The molecule has 104 valence electrons. The first kappa shape index (κ1) is 13.7. The molecule has 7 heteroatoms. The third-order valence-corrected chi connectivity index (χ3v) is 2.73. The van der Waals surface area contributed by atoms with E-state index in [2.05, 4.69) is 15.4 Å². The Morgan fingerprint density at radius 3 is 2.53 bits per heavy atom. The van der Waals surface area contributed by atoms with Gasteiger partial charge < -0.3 is 15.4 Å². The van der Waals surface area contributed by atoms with Crippen molar-refractivity contribution < 1.29 is 22.7 Å². The summed E-state index contributed by atoms with van der Waals surface area (Å²) >= 11 is 0. The third-order valence-electron chi connectivity index (χ3n) is 2.73. The molecule has 1 aromatic carbocycles. The molecular formula is C12H13F3N2O2. The molecule has 0 bridgehead atoms. The van der Waals surface area contributed by atoms with Gasteiger partial charge in [0.15, 0.2) is 0 Å². The Hall–Kier alpha value is -1.76. The molecule has 2 rings (SSSR count). The van der Waals surface area contributed by atoms with Crippen LogP contribution in [0.15, 0.2) is 24.3 Å². The van der Waals surface area contributed by atoms with E-state index in [0.29, 0.717) is 5.69 Å². The van der Waals surface area contributed by atoms with Crippen LogP contribution in [0.3, 0.4) is 0 Å². The molecule has 2 N–H and O–H groups in total. The third kappa shape index (κ3) is 4.13.